The molecule has 0 aliphatic carbocycles. The Morgan fingerprint density at radius 3 is 2.78 bits per heavy atom. The van der Waals surface area contributed by atoms with E-state index in [1.54, 1.807) is 11.3 Å². The molecule has 2 aromatic rings. The quantitative estimate of drug-likeness (QED) is 0.403. The van der Waals surface area contributed by atoms with E-state index in [2.05, 4.69) is 66.6 Å². The van der Waals surface area contributed by atoms with Gasteiger partial charge in [-0.15, -0.1) is 11.3 Å². The fraction of sp³-hybridized carbons (Fsp3) is 0.650. The molecule has 0 bridgehead atoms. The van der Waals surface area contributed by atoms with Crippen LogP contribution in [0.25, 0.3) is 0 Å². The molecule has 0 aliphatic heterocycles. The van der Waals surface area contributed by atoms with E-state index < -0.39 is 0 Å². The molecule has 0 radical (unpaired) electrons. The molecule has 0 saturated carbocycles. The van der Waals surface area contributed by atoms with Crippen LogP contribution in [0.3, 0.4) is 0 Å². The van der Waals surface area contributed by atoms with Gasteiger partial charge < -0.3 is 10.2 Å². The van der Waals surface area contributed by atoms with Crippen molar-refractivity contribution in [1.29, 1.82) is 0 Å². The van der Waals surface area contributed by atoms with Gasteiger partial charge in [0.1, 0.15) is 0 Å². The van der Waals surface area contributed by atoms with Crippen LogP contribution in [0, 0.1) is 6.92 Å². The Balaban J connectivity index is 1.89. The van der Waals surface area contributed by atoms with Gasteiger partial charge in [-0.2, -0.15) is 5.10 Å². The van der Waals surface area contributed by atoms with Gasteiger partial charge in [-0.1, -0.05) is 13.8 Å². The second-order valence-electron chi connectivity index (χ2n) is 7.30. The highest BCUT2D eigenvalue weighted by Gasteiger charge is 2.15. The molecule has 0 fully saturated rings. The lowest BCUT2D eigenvalue weighted by Gasteiger charge is -2.22. The van der Waals surface area contributed by atoms with Gasteiger partial charge in [-0.3, -0.25) is 9.67 Å². The number of nitrogens with one attached hydrogen (secondary N) is 1. The standard InChI is InChI=1S/C20H34N6S/c1-7-21-20(22-11-9-8-10-18-23-16(4)14-27-18)25(5)12-17-13-26(6)24-19(17)15(2)3/h13-15H,7-12H2,1-6H3,(H,21,22). The van der Waals surface area contributed by atoms with Crippen LogP contribution in [0.4, 0.5) is 0 Å². The van der Waals surface area contributed by atoms with Gasteiger partial charge >= 0.3 is 0 Å². The highest BCUT2D eigenvalue weighted by molar-refractivity contribution is 7.09. The predicted molar refractivity (Wildman–Crippen MR) is 115 cm³/mol. The van der Waals surface area contributed by atoms with Crippen molar-refractivity contribution in [2.45, 2.75) is 59.4 Å². The van der Waals surface area contributed by atoms with Gasteiger partial charge in [0.05, 0.1) is 10.7 Å². The molecule has 0 aliphatic rings. The summed E-state index contributed by atoms with van der Waals surface area (Å²) in [7, 11) is 4.08. The zero-order valence-electron chi connectivity index (χ0n) is 17.6. The number of aryl methyl sites for hydroxylation is 3. The van der Waals surface area contributed by atoms with E-state index in [0.717, 1.165) is 50.6 Å². The molecular weight excluding hydrogens is 356 g/mol. The summed E-state index contributed by atoms with van der Waals surface area (Å²) in [5.41, 5.74) is 3.55. The molecule has 6 nitrogen and oxygen atoms in total. The fourth-order valence-electron chi connectivity index (χ4n) is 3.05. The Labute approximate surface area is 167 Å². The van der Waals surface area contributed by atoms with Gasteiger partial charge in [0, 0.05) is 56.6 Å². The first-order chi connectivity index (χ1) is 12.9. The van der Waals surface area contributed by atoms with Crippen molar-refractivity contribution in [2.24, 2.45) is 12.0 Å². The maximum atomic E-state index is 4.81. The van der Waals surface area contributed by atoms with Gasteiger partial charge in [-0.25, -0.2) is 4.98 Å². The number of aromatic nitrogens is 3. The molecule has 0 spiro atoms. The number of unbranched alkanes of at least 4 members (excludes halogenated alkanes) is 1. The Kier molecular flexibility index (Phi) is 8.28. The predicted octanol–water partition coefficient (Wildman–Crippen LogP) is 3.73. The molecule has 0 aromatic carbocycles. The van der Waals surface area contributed by atoms with E-state index in [1.807, 2.05) is 11.7 Å². The SMILES string of the molecule is CCNC(=NCCCCc1nc(C)cs1)N(C)Cc1cn(C)nc1C(C)C. The van der Waals surface area contributed by atoms with E-state index in [1.165, 1.54) is 16.3 Å². The number of rotatable bonds is 9. The molecule has 7 heteroatoms. The molecule has 0 saturated heterocycles. The average Bonchev–Trinajstić information content (AvgIpc) is 3.19. The lowest BCUT2D eigenvalue weighted by Crippen LogP contribution is -2.38. The second-order valence-corrected chi connectivity index (χ2v) is 8.24. The molecule has 27 heavy (non-hydrogen) atoms. The normalized spacial score (nSPS) is 12.0. The minimum Gasteiger partial charge on any atom is -0.357 e. The highest BCUT2D eigenvalue weighted by Crippen LogP contribution is 2.18. The van der Waals surface area contributed by atoms with Crippen molar-refractivity contribution < 1.29 is 0 Å². The summed E-state index contributed by atoms with van der Waals surface area (Å²) >= 11 is 1.76. The summed E-state index contributed by atoms with van der Waals surface area (Å²) in [6.07, 6.45) is 5.37. The van der Waals surface area contributed by atoms with Crippen molar-refractivity contribution >= 4 is 17.3 Å². The lowest BCUT2D eigenvalue weighted by atomic mass is 10.1. The number of guanidine groups is 1. The van der Waals surface area contributed by atoms with E-state index in [0.29, 0.717) is 5.92 Å². The number of hydrogen-bond acceptors (Lipinski definition) is 4. The van der Waals surface area contributed by atoms with Gasteiger partial charge in [0.2, 0.25) is 0 Å². The Morgan fingerprint density at radius 1 is 1.37 bits per heavy atom. The van der Waals surface area contributed by atoms with Crippen LogP contribution in [0.1, 0.15) is 61.5 Å². The van der Waals surface area contributed by atoms with Crippen molar-refractivity contribution in [3.05, 3.63) is 33.5 Å². The van der Waals surface area contributed by atoms with E-state index in [4.69, 9.17) is 4.99 Å². The number of thiazole rings is 1. The minimum atomic E-state index is 0.420. The van der Waals surface area contributed by atoms with Crippen LogP contribution in [-0.2, 0) is 20.0 Å². The lowest BCUT2D eigenvalue weighted by molar-refractivity contribution is 0.473. The third-order valence-corrected chi connectivity index (χ3v) is 5.34. The number of hydrogen-bond donors (Lipinski definition) is 1. The van der Waals surface area contributed by atoms with Gasteiger partial charge in [0.25, 0.3) is 0 Å². The van der Waals surface area contributed by atoms with Crippen molar-refractivity contribution in [3.63, 3.8) is 0 Å². The van der Waals surface area contributed by atoms with E-state index in [9.17, 15) is 0 Å². The molecule has 2 heterocycles. The van der Waals surface area contributed by atoms with Crippen molar-refractivity contribution in [3.8, 4) is 0 Å². The van der Waals surface area contributed by atoms with Crippen molar-refractivity contribution in [1.82, 2.24) is 25.0 Å². The smallest absolute Gasteiger partial charge is 0.193 e. The summed E-state index contributed by atoms with van der Waals surface area (Å²) in [5, 5.41) is 11.4. The summed E-state index contributed by atoms with van der Waals surface area (Å²) < 4.78 is 1.91. The second kappa shape index (κ2) is 10.4. The van der Waals surface area contributed by atoms with Crippen LogP contribution in [0.5, 0.6) is 0 Å². The third-order valence-electron chi connectivity index (χ3n) is 4.31. The van der Waals surface area contributed by atoms with E-state index in [-0.39, 0.29) is 0 Å². The first kappa shape index (κ1) is 21.4. The molecule has 0 amide bonds. The Bertz CT molecular complexity index is 731. The maximum absolute atomic E-state index is 4.81. The molecular formula is C20H34N6S. The largest absolute Gasteiger partial charge is 0.357 e. The zero-order valence-corrected chi connectivity index (χ0v) is 18.4. The molecule has 0 unspecified atom stereocenters. The van der Waals surface area contributed by atoms with Crippen LogP contribution in [0.2, 0.25) is 0 Å². The zero-order chi connectivity index (χ0) is 19.8. The molecule has 150 valence electrons. The first-order valence-corrected chi connectivity index (χ1v) is 10.7. The highest BCUT2D eigenvalue weighted by atomic mass is 32.1. The molecule has 2 aromatic heterocycles. The summed E-state index contributed by atoms with van der Waals surface area (Å²) in [6, 6.07) is 0. The first-order valence-electron chi connectivity index (χ1n) is 9.83. The van der Waals surface area contributed by atoms with Gasteiger partial charge in [0.15, 0.2) is 5.96 Å². The Hall–Kier alpha value is -1.89. The van der Waals surface area contributed by atoms with Crippen LogP contribution < -0.4 is 5.32 Å². The average molecular weight is 391 g/mol. The molecule has 0 atom stereocenters. The summed E-state index contributed by atoms with van der Waals surface area (Å²) in [5.74, 6) is 1.38. The minimum absolute atomic E-state index is 0.420. The van der Waals surface area contributed by atoms with Crippen LogP contribution in [0.15, 0.2) is 16.6 Å². The molecule has 2 rings (SSSR count). The number of aliphatic imine (C=N–C) groups is 1. The summed E-state index contributed by atoms with van der Waals surface area (Å²) in [4.78, 5) is 11.5. The third kappa shape index (κ3) is 6.65. The molecule has 1 N–H and O–H groups in total. The van der Waals surface area contributed by atoms with Crippen LogP contribution >= 0.6 is 11.3 Å². The Morgan fingerprint density at radius 2 is 2.15 bits per heavy atom. The van der Waals surface area contributed by atoms with Crippen LogP contribution in [-0.4, -0.2) is 45.8 Å². The summed E-state index contributed by atoms with van der Waals surface area (Å²) in [6.45, 7) is 11.1. The maximum Gasteiger partial charge on any atom is 0.193 e. The van der Waals surface area contributed by atoms with Gasteiger partial charge in [-0.05, 0) is 39.0 Å². The monoisotopic (exact) mass is 390 g/mol. The fourth-order valence-corrected chi connectivity index (χ4v) is 3.87. The van der Waals surface area contributed by atoms with E-state index >= 15 is 0 Å². The van der Waals surface area contributed by atoms with Crippen molar-refractivity contribution in [2.75, 3.05) is 20.1 Å². The topological polar surface area (TPSA) is 58.3 Å². The number of nitrogens with zero attached hydrogens (tertiary/aromatic N) is 5.